The molecule has 0 spiro atoms. The van der Waals surface area contributed by atoms with Gasteiger partial charge in [0.25, 0.3) is 0 Å². The van der Waals surface area contributed by atoms with E-state index in [0.29, 0.717) is 18.1 Å². The Labute approximate surface area is 169 Å². The van der Waals surface area contributed by atoms with Crippen LogP contribution in [0.5, 0.6) is 0 Å². The molecule has 150 valence electrons. The largest absolute Gasteiger partial charge is 0.339 e. The van der Waals surface area contributed by atoms with Crippen LogP contribution in [0.15, 0.2) is 53.3 Å². The van der Waals surface area contributed by atoms with Crippen molar-refractivity contribution in [3.8, 4) is 11.4 Å². The lowest BCUT2D eigenvalue weighted by molar-refractivity contribution is 0.247. The van der Waals surface area contributed by atoms with Crippen molar-refractivity contribution >= 4 is 11.7 Å². The Hall–Kier alpha value is -3.22. The van der Waals surface area contributed by atoms with Crippen LogP contribution in [0.1, 0.15) is 50.0 Å². The Morgan fingerprint density at radius 2 is 1.90 bits per heavy atom. The van der Waals surface area contributed by atoms with Crippen LogP contribution in [0.25, 0.3) is 11.4 Å². The summed E-state index contributed by atoms with van der Waals surface area (Å²) < 4.78 is 5.40. The van der Waals surface area contributed by atoms with Gasteiger partial charge in [-0.2, -0.15) is 4.98 Å². The predicted molar refractivity (Wildman–Crippen MR) is 110 cm³/mol. The summed E-state index contributed by atoms with van der Waals surface area (Å²) in [5.74, 6) is 0.993. The Balaban J connectivity index is 1.42. The van der Waals surface area contributed by atoms with Crippen LogP contribution in [0, 0.1) is 0 Å². The highest BCUT2D eigenvalue weighted by atomic mass is 16.5. The third kappa shape index (κ3) is 5.19. The van der Waals surface area contributed by atoms with E-state index >= 15 is 0 Å². The number of aromatic nitrogens is 3. The minimum Gasteiger partial charge on any atom is -0.339 e. The monoisotopic (exact) mass is 391 g/mol. The quantitative estimate of drug-likeness (QED) is 0.622. The number of carbonyl (C=O) groups excluding carboxylic acids is 1. The number of hydrogen-bond acceptors (Lipinski definition) is 5. The minimum atomic E-state index is -0.161. The molecular weight excluding hydrogens is 366 g/mol. The van der Waals surface area contributed by atoms with Crippen molar-refractivity contribution in [1.82, 2.24) is 20.4 Å². The first-order valence-corrected chi connectivity index (χ1v) is 10.2. The number of rotatable bonds is 5. The van der Waals surface area contributed by atoms with Crippen LogP contribution >= 0.6 is 0 Å². The second kappa shape index (κ2) is 9.32. The minimum absolute atomic E-state index is 0.161. The van der Waals surface area contributed by atoms with Crippen LogP contribution in [0.2, 0.25) is 0 Å². The third-order valence-corrected chi connectivity index (χ3v) is 5.19. The lowest BCUT2D eigenvalue weighted by Crippen LogP contribution is -2.37. The molecule has 0 bridgehead atoms. The Morgan fingerprint density at radius 1 is 1.07 bits per heavy atom. The molecule has 7 nitrogen and oxygen atoms in total. The summed E-state index contributed by atoms with van der Waals surface area (Å²) in [4.78, 5) is 21.0. The van der Waals surface area contributed by atoms with Gasteiger partial charge in [-0.15, -0.1) is 0 Å². The molecule has 2 aromatic heterocycles. The number of urea groups is 1. The molecule has 7 heteroatoms. The number of anilines is 1. The Morgan fingerprint density at radius 3 is 2.69 bits per heavy atom. The van der Waals surface area contributed by atoms with Gasteiger partial charge in [-0.3, -0.25) is 4.98 Å². The zero-order chi connectivity index (χ0) is 19.9. The molecule has 2 N–H and O–H groups in total. The number of amides is 2. The zero-order valence-electron chi connectivity index (χ0n) is 16.3. The fourth-order valence-electron chi connectivity index (χ4n) is 3.67. The molecule has 1 saturated carbocycles. The summed E-state index contributed by atoms with van der Waals surface area (Å²) in [6, 6.07) is 11.5. The van der Waals surface area contributed by atoms with Crippen molar-refractivity contribution in [2.75, 3.05) is 5.32 Å². The molecule has 0 unspecified atom stereocenters. The van der Waals surface area contributed by atoms with Gasteiger partial charge < -0.3 is 15.2 Å². The van der Waals surface area contributed by atoms with E-state index in [4.69, 9.17) is 4.52 Å². The van der Waals surface area contributed by atoms with Crippen LogP contribution in [-0.4, -0.2) is 27.2 Å². The van der Waals surface area contributed by atoms with Crippen LogP contribution in [0.4, 0.5) is 10.5 Å². The highest BCUT2D eigenvalue weighted by Gasteiger charge is 2.16. The van der Waals surface area contributed by atoms with E-state index in [-0.39, 0.29) is 12.1 Å². The average molecular weight is 391 g/mol. The molecular formula is C22H25N5O2. The summed E-state index contributed by atoms with van der Waals surface area (Å²) in [7, 11) is 0. The molecule has 0 saturated heterocycles. The maximum atomic E-state index is 12.5. The zero-order valence-corrected chi connectivity index (χ0v) is 16.3. The summed E-state index contributed by atoms with van der Waals surface area (Å²) in [6.07, 6.45) is 10.8. The fraction of sp³-hybridized carbons (Fsp3) is 0.364. The molecule has 1 fully saturated rings. The summed E-state index contributed by atoms with van der Waals surface area (Å²) in [5.41, 5.74) is 2.47. The van der Waals surface area contributed by atoms with Crippen molar-refractivity contribution in [2.45, 2.75) is 51.0 Å². The molecule has 2 amide bonds. The van der Waals surface area contributed by atoms with Crippen molar-refractivity contribution in [1.29, 1.82) is 0 Å². The lowest BCUT2D eigenvalue weighted by Gasteiger charge is -2.17. The molecule has 0 atom stereocenters. The first-order chi connectivity index (χ1) is 14.3. The predicted octanol–water partition coefficient (Wildman–Crippen LogP) is 4.57. The second-order valence-corrected chi connectivity index (χ2v) is 7.37. The molecule has 1 aromatic carbocycles. The first-order valence-electron chi connectivity index (χ1n) is 10.2. The average Bonchev–Trinajstić information content (AvgIpc) is 3.06. The van der Waals surface area contributed by atoms with E-state index in [0.717, 1.165) is 29.7 Å². The van der Waals surface area contributed by atoms with Crippen molar-refractivity contribution in [2.24, 2.45) is 0 Å². The van der Waals surface area contributed by atoms with Crippen LogP contribution < -0.4 is 10.6 Å². The highest BCUT2D eigenvalue weighted by Crippen LogP contribution is 2.21. The number of carbonyl (C=O) groups is 1. The molecule has 4 rings (SSSR count). The van der Waals surface area contributed by atoms with Gasteiger partial charge in [-0.05, 0) is 36.6 Å². The van der Waals surface area contributed by atoms with Gasteiger partial charge >= 0.3 is 6.03 Å². The molecule has 0 radical (unpaired) electrons. The van der Waals surface area contributed by atoms with E-state index in [1.54, 1.807) is 12.4 Å². The van der Waals surface area contributed by atoms with Gasteiger partial charge in [0.1, 0.15) is 0 Å². The van der Waals surface area contributed by atoms with Crippen molar-refractivity contribution < 1.29 is 9.32 Å². The molecule has 0 aliphatic heterocycles. The molecule has 2 heterocycles. The maximum Gasteiger partial charge on any atom is 0.319 e. The SMILES string of the molecule is O=C(Nc1ccccc1Cc1nc(-c2cccnc2)no1)NC1CCCCCC1. The number of benzene rings is 1. The maximum absolute atomic E-state index is 12.5. The Kier molecular flexibility index (Phi) is 6.14. The van der Waals surface area contributed by atoms with Gasteiger partial charge in [0.05, 0.1) is 6.42 Å². The first kappa shape index (κ1) is 19.1. The van der Waals surface area contributed by atoms with Crippen LogP contribution in [-0.2, 0) is 6.42 Å². The normalized spacial score (nSPS) is 14.9. The highest BCUT2D eigenvalue weighted by molar-refractivity contribution is 5.90. The molecule has 1 aliphatic rings. The molecule has 3 aromatic rings. The Bertz CT molecular complexity index is 933. The van der Waals surface area contributed by atoms with Crippen molar-refractivity contribution in [3.05, 3.63) is 60.2 Å². The summed E-state index contributed by atoms with van der Waals surface area (Å²) in [5, 5.41) is 10.1. The number of nitrogens with one attached hydrogen (secondary N) is 2. The topological polar surface area (TPSA) is 92.9 Å². The lowest BCUT2D eigenvalue weighted by atomic mass is 10.1. The van der Waals surface area contributed by atoms with E-state index in [2.05, 4.69) is 25.8 Å². The van der Waals surface area contributed by atoms with E-state index in [9.17, 15) is 4.79 Å². The van der Waals surface area contributed by atoms with Crippen molar-refractivity contribution in [3.63, 3.8) is 0 Å². The number of para-hydroxylation sites is 1. The van der Waals surface area contributed by atoms with Gasteiger partial charge in [-0.25, -0.2) is 4.79 Å². The van der Waals surface area contributed by atoms with E-state index < -0.39 is 0 Å². The standard InChI is InChI=1S/C22H25N5O2/c28-22(24-18-10-3-1-2-4-11-18)25-19-12-6-5-8-16(19)14-20-26-21(27-29-20)17-9-7-13-23-15-17/h5-9,12-13,15,18H,1-4,10-11,14H2,(H2,24,25,28). The fourth-order valence-corrected chi connectivity index (χ4v) is 3.67. The van der Waals surface area contributed by atoms with Gasteiger partial charge in [0.15, 0.2) is 0 Å². The summed E-state index contributed by atoms with van der Waals surface area (Å²) >= 11 is 0. The second-order valence-electron chi connectivity index (χ2n) is 7.37. The van der Waals surface area contributed by atoms with Gasteiger partial charge in [0, 0.05) is 29.7 Å². The van der Waals surface area contributed by atoms with E-state index in [1.165, 1.54) is 25.7 Å². The number of nitrogens with zero attached hydrogens (tertiary/aromatic N) is 3. The van der Waals surface area contributed by atoms with Crippen LogP contribution in [0.3, 0.4) is 0 Å². The number of hydrogen-bond donors (Lipinski definition) is 2. The number of pyridine rings is 1. The smallest absolute Gasteiger partial charge is 0.319 e. The molecule has 29 heavy (non-hydrogen) atoms. The van der Waals surface area contributed by atoms with Gasteiger partial charge in [0.2, 0.25) is 11.7 Å². The third-order valence-electron chi connectivity index (χ3n) is 5.19. The summed E-state index contributed by atoms with van der Waals surface area (Å²) in [6.45, 7) is 0. The van der Waals surface area contributed by atoms with E-state index in [1.807, 2.05) is 36.4 Å². The van der Waals surface area contributed by atoms with Gasteiger partial charge in [-0.1, -0.05) is 49.0 Å². The molecule has 1 aliphatic carbocycles.